The molecule has 25 heavy (non-hydrogen) atoms. The van der Waals surface area contributed by atoms with Crippen LogP contribution in [0.25, 0.3) is 16.9 Å². The van der Waals surface area contributed by atoms with Crippen LogP contribution in [-0.4, -0.2) is 36.9 Å². The molecule has 0 amide bonds. The van der Waals surface area contributed by atoms with E-state index in [9.17, 15) is 5.11 Å². The van der Waals surface area contributed by atoms with Gasteiger partial charge in [-0.15, -0.1) is 0 Å². The molecule has 0 radical (unpaired) electrons. The van der Waals surface area contributed by atoms with Crippen molar-refractivity contribution in [3.63, 3.8) is 0 Å². The minimum atomic E-state index is -0.752. The van der Waals surface area contributed by atoms with Gasteiger partial charge in [-0.3, -0.25) is 4.57 Å². The van der Waals surface area contributed by atoms with Gasteiger partial charge in [0.15, 0.2) is 5.65 Å². The lowest BCUT2D eigenvalue weighted by Gasteiger charge is -2.15. The molecule has 4 rings (SSSR count). The number of rotatable bonds is 4. The maximum atomic E-state index is 9.54. The van der Waals surface area contributed by atoms with Crippen LogP contribution in [0.2, 0.25) is 0 Å². The fourth-order valence-electron chi connectivity index (χ4n) is 3.31. The predicted molar refractivity (Wildman–Crippen MR) is 104 cm³/mol. The maximum absolute atomic E-state index is 9.54. The standard InChI is InChI=1S/C17H19IN6O/c18-11-2-5-13(6-3-11)24-9-21-14-8-20-17(23-16(14)24)22-12-4-1-10(7-12)15(19)25/h2-3,5-6,8-10,12,15,25H,1,4,7,19H2,(H,20,22,23)/t10-,12-,15?/m1/s1. The van der Waals surface area contributed by atoms with Crippen LogP contribution in [0.1, 0.15) is 19.3 Å². The van der Waals surface area contributed by atoms with Gasteiger partial charge in [0.05, 0.1) is 6.20 Å². The van der Waals surface area contributed by atoms with Crippen molar-refractivity contribution < 1.29 is 5.11 Å². The Labute approximate surface area is 158 Å². The van der Waals surface area contributed by atoms with Crippen LogP contribution >= 0.6 is 22.6 Å². The van der Waals surface area contributed by atoms with Gasteiger partial charge in [0, 0.05) is 21.2 Å². The number of nitrogens with two attached hydrogens (primary N) is 1. The van der Waals surface area contributed by atoms with Crippen molar-refractivity contribution in [1.82, 2.24) is 19.5 Å². The normalized spacial score (nSPS) is 21.6. The minimum Gasteiger partial charge on any atom is -0.379 e. The molecule has 1 aliphatic carbocycles. The van der Waals surface area contributed by atoms with Crippen molar-refractivity contribution in [3.05, 3.63) is 40.4 Å². The SMILES string of the molecule is NC(O)[C@@H]1CC[C@@H](Nc2ncc3ncn(-c4ccc(I)cc4)c3n2)C1. The van der Waals surface area contributed by atoms with E-state index in [-0.39, 0.29) is 12.0 Å². The first kappa shape index (κ1) is 16.7. The molecule has 0 spiro atoms. The molecule has 7 nitrogen and oxygen atoms in total. The maximum Gasteiger partial charge on any atom is 0.224 e. The smallest absolute Gasteiger partial charge is 0.224 e. The molecule has 0 bridgehead atoms. The van der Waals surface area contributed by atoms with E-state index in [0.29, 0.717) is 5.95 Å². The molecule has 1 fully saturated rings. The van der Waals surface area contributed by atoms with E-state index >= 15 is 0 Å². The number of aliphatic hydroxyl groups excluding tert-OH is 1. The number of hydrogen-bond donors (Lipinski definition) is 3. The van der Waals surface area contributed by atoms with E-state index in [1.807, 2.05) is 16.7 Å². The summed E-state index contributed by atoms with van der Waals surface area (Å²) >= 11 is 2.28. The molecular formula is C17H19IN6O. The summed E-state index contributed by atoms with van der Waals surface area (Å²) in [5, 5.41) is 12.9. The molecule has 3 atom stereocenters. The number of aromatic nitrogens is 4. The van der Waals surface area contributed by atoms with Crippen molar-refractivity contribution in [2.45, 2.75) is 31.5 Å². The van der Waals surface area contributed by atoms with Crippen LogP contribution in [0.15, 0.2) is 36.8 Å². The van der Waals surface area contributed by atoms with Crippen molar-refractivity contribution in [2.24, 2.45) is 11.7 Å². The topological polar surface area (TPSA) is 102 Å². The third kappa shape index (κ3) is 3.46. The Kier molecular flexibility index (Phi) is 4.57. The molecule has 8 heteroatoms. The van der Waals surface area contributed by atoms with Gasteiger partial charge >= 0.3 is 0 Å². The zero-order chi connectivity index (χ0) is 17.4. The highest BCUT2D eigenvalue weighted by atomic mass is 127. The summed E-state index contributed by atoms with van der Waals surface area (Å²) in [5.74, 6) is 0.718. The van der Waals surface area contributed by atoms with Crippen molar-refractivity contribution in [3.8, 4) is 5.69 Å². The second kappa shape index (κ2) is 6.85. The number of imidazole rings is 1. The number of fused-ring (bicyclic) bond motifs is 1. The van der Waals surface area contributed by atoms with Crippen molar-refractivity contribution in [2.75, 3.05) is 5.32 Å². The third-order valence-corrected chi connectivity index (χ3v) is 5.40. The number of benzene rings is 1. The van der Waals surface area contributed by atoms with Gasteiger partial charge in [0.2, 0.25) is 5.95 Å². The fraction of sp³-hybridized carbons (Fsp3) is 0.353. The molecule has 0 aliphatic heterocycles. The third-order valence-electron chi connectivity index (χ3n) is 4.68. The summed E-state index contributed by atoms with van der Waals surface area (Å²) in [6.07, 6.45) is 5.45. The molecule has 1 aliphatic rings. The molecular weight excluding hydrogens is 431 g/mol. The molecule has 2 heterocycles. The van der Waals surface area contributed by atoms with Crippen LogP contribution in [0.3, 0.4) is 0 Å². The van der Waals surface area contributed by atoms with Crippen molar-refractivity contribution in [1.29, 1.82) is 0 Å². The number of nitrogens with zero attached hydrogens (tertiary/aromatic N) is 4. The molecule has 4 N–H and O–H groups in total. The van der Waals surface area contributed by atoms with Gasteiger partial charge in [-0.2, -0.15) is 4.98 Å². The first-order chi connectivity index (χ1) is 12.1. The van der Waals surface area contributed by atoms with Crippen LogP contribution in [0, 0.1) is 9.49 Å². The average Bonchev–Trinajstić information content (AvgIpc) is 3.22. The summed E-state index contributed by atoms with van der Waals surface area (Å²) in [7, 11) is 0. The van der Waals surface area contributed by atoms with E-state index in [2.05, 4.69) is 55.0 Å². The second-order valence-corrected chi connectivity index (χ2v) is 7.64. The number of halogens is 1. The van der Waals surface area contributed by atoms with Crippen LogP contribution in [0.5, 0.6) is 0 Å². The molecule has 1 saturated carbocycles. The number of hydrogen-bond acceptors (Lipinski definition) is 6. The number of nitrogens with one attached hydrogen (secondary N) is 1. The van der Waals surface area contributed by atoms with Gasteiger partial charge in [-0.25, -0.2) is 9.97 Å². The van der Waals surface area contributed by atoms with Crippen LogP contribution in [0.4, 0.5) is 5.95 Å². The lowest BCUT2D eigenvalue weighted by atomic mass is 10.1. The molecule has 1 unspecified atom stereocenters. The number of aliphatic hydroxyl groups is 1. The van der Waals surface area contributed by atoms with Gasteiger partial charge < -0.3 is 16.2 Å². The minimum absolute atomic E-state index is 0.138. The summed E-state index contributed by atoms with van der Waals surface area (Å²) < 4.78 is 3.14. The highest BCUT2D eigenvalue weighted by molar-refractivity contribution is 14.1. The Balaban J connectivity index is 1.59. The first-order valence-electron chi connectivity index (χ1n) is 8.26. The molecule has 2 aromatic heterocycles. The van der Waals surface area contributed by atoms with Gasteiger partial charge in [0.25, 0.3) is 0 Å². The van der Waals surface area contributed by atoms with Gasteiger partial charge in [-0.05, 0) is 66.1 Å². The van der Waals surface area contributed by atoms with E-state index < -0.39 is 6.23 Å². The summed E-state index contributed by atoms with van der Waals surface area (Å²) in [6.45, 7) is 0. The largest absolute Gasteiger partial charge is 0.379 e. The highest BCUT2D eigenvalue weighted by Crippen LogP contribution is 2.29. The van der Waals surface area contributed by atoms with E-state index in [0.717, 1.165) is 36.1 Å². The van der Waals surface area contributed by atoms with Crippen LogP contribution < -0.4 is 11.1 Å². The zero-order valence-electron chi connectivity index (χ0n) is 13.5. The zero-order valence-corrected chi connectivity index (χ0v) is 15.7. The fourth-order valence-corrected chi connectivity index (χ4v) is 3.67. The molecule has 1 aromatic carbocycles. The summed E-state index contributed by atoms with van der Waals surface area (Å²) in [6, 6.07) is 8.43. The monoisotopic (exact) mass is 450 g/mol. The van der Waals surface area contributed by atoms with Gasteiger partial charge in [0.1, 0.15) is 18.1 Å². The number of anilines is 1. The predicted octanol–water partition coefficient (Wildman–Crippen LogP) is 2.28. The van der Waals surface area contributed by atoms with E-state index in [1.165, 1.54) is 3.57 Å². The second-order valence-electron chi connectivity index (χ2n) is 6.40. The summed E-state index contributed by atoms with van der Waals surface area (Å²) in [5.41, 5.74) is 8.13. The Morgan fingerprint density at radius 2 is 2.04 bits per heavy atom. The quantitative estimate of drug-likeness (QED) is 0.417. The molecule has 130 valence electrons. The Morgan fingerprint density at radius 3 is 2.76 bits per heavy atom. The average molecular weight is 450 g/mol. The Hall–Kier alpha value is -1.78. The first-order valence-corrected chi connectivity index (χ1v) is 9.34. The summed E-state index contributed by atoms with van der Waals surface area (Å²) in [4.78, 5) is 13.4. The van der Waals surface area contributed by atoms with E-state index in [4.69, 9.17) is 5.73 Å². The Morgan fingerprint density at radius 1 is 1.24 bits per heavy atom. The Bertz CT molecular complexity index is 878. The van der Waals surface area contributed by atoms with Crippen LogP contribution in [-0.2, 0) is 0 Å². The van der Waals surface area contributed by atoms with E-state index in [1.54, 1.807) is 12.5 Å². The molecule has 0 saturated heterocycles. The van der Waals surface area contributed by atoms with Gasteiger partial charge in [-0.1, -0.05) is 0 Å². The molecule has 3 aromatic rings. The lowest BCUT2D eigenvalue weighted by molar-refractivity contribution is 0.117. The lowest BCUT2D eigenvalue weighted by Crippen LogP contribution is -2.29. The van der Waals surface area contributed by atoms with Crippen molar-refractivity contribution >= 4 is 39.7 Å². The highest BCUT2D eigenvalue weighted by Gasteiger charge is 2.28.